The van der Waals surface area contributed by atoms with Gasteiger partial charge >= 0.3 is 11.9 Å². The summed E-state index contributed by atoms with van der Waals surface area (Å²) >= 11 is 13.4. The van der Waals surface area contributed by atoms with Crippen molar-refractivity contribution >= 4 is 52.6 Å². The number of aromatic nitrogens is 1. The molecule has 0 saturated heterocycles. The van der Waals surface area contributed by atoms with Gasteiger partial charge in [-0.25, -0.2) is 9.79 Å². The van der Waals surface area contributed by atoms with E-state index in [1.807, 2.05) is 13.8 Å². The van der Waals surface area contributed by atoms with Gasteiger partial charge in [0, 0.05) is 18.6 Å². The van der Waals surface area contributed by atoms with E-state index in [4.69, 9.17) is 41.8 Å². The lowest BCUT2D eigenvalue weighted by atomic mass is 9.95. The van der Waals surface area contributed by atoms with Gasteiger partial charge in [0.05, 0.1) is 45.6 Å². The van der Waals surface area contributed by atoms with E-state index in [0.29, 0.717) is 42.2 Å². The first-order valence-electron chi connectivity index (χ1n) is 13.6. The van der Waals surface area contributed by atoms with Crippen molar-refractivity contribution in [1.29, 1.82) is 0 Å². The number of furan rings is 1. The molecule has 0 radical (unpaired) electrons. The summed E-state index contributed by atoms with van der Waals surface area (Å²) < 4.78 is 24.2. The third kappa shape index (κ3) is 6.38. The Morgan fingerprint density at radius 2 is 1.86 bits per heavy atom. The predicted molar refractivity (Wildman–Crippen MR) is 168 cm³/mol. The normalized spacial score (nSPS) is 14.8. The summed E-state index contributed by atoms with van der Waals surface area (Å²) in [6.45, 7) is 7.05. The number of carbonyl (C=O) groups excluding carboxylic acids is 2. The molecule has 3 heterocycles. The molecule has 44 heavy (non-hydrogen) atoms. The highest BCUT2D eigenvalue weighted by molar-refractivity contribution is 7.07. The topological polar surface area (TPSA) is 109 Å². The molecule has 0 amide bonds. The molecule has 0 spiro atoms. The number of ether oxygens (including phenoxy) is 3. The average Bonchev–Trinajstić information content (AvgIpc) is 3.56. The summed E-state index contributed by atoms with van der Waals surface area (Å²) in [6, 6.07) is 12.7. The molecule has 4 aromatic rings. The second kappa shape index (κ2) is 12.9. The number of fused-ring (bicyclic) bond motifs is 1. The monoisotopic (exact) mass is 654 g/mol. The molecule has 12 heteroatoms. The maximum Gasteiger partial charge on any atom is 0.338 e. The van der Waals surface area contributed by atoms with E-state index in [9.17, 15) is 14.4 Å². The molecule has 0 unspecified atom stereocenters. The number of benzene rings is 2. The Kier molecular flexibility index (Phi) is 9.15. The van der Waals surface area contributed by atoms with Crippen LogP contribution in [0.4, 0.5) is 0 Å². The number of rotatable bonds is 8. The Morgan fingerprint density at radius 3 is 2.55 bits per heavy atom. The molecule has 0 saturated carbocycles. The zero-order valence-electron chi connectivity index (χ0n) is 24.5. The summed E-state index contributed by atoms with van der Waals surface area (Å²) in [5.74, 6) is 0.451. The van der Waals surface area contributed by atoms with E-state index >= 15 is 0 Å². The van der Waals surface area contributed by atoms with E-state index in [2.05, 4.69) is 4.99 Å². The molecule has 1 aliphatic heterocycles. The molecule has 1 aliphatic rings. The fourth-order valence-corrected chi connectivity index (χ4v) is 6.00. The van der Waals surface area contributed by atoms with E-state index in [-0.39, 0.29) is 35.2 Å². The highest BCUT2D eigenvalue weighted by Gasteiger charge is 2.34. The van der Waals surface area contributed by atoms with Crippen molar-refractivity contribution in [3.8, 4) is 22.8 Å². The van der Waals surface area contributed by atoms with Crippen LogP contribution in [-0.4, -0.2) is 30.2 Å². The minimum Gasteiger partial charge on any atom is -0.493 e. The molecule has 1 atom stereocenters. The van der Waals surface area contributed by atoms with E-state index < -0.39 is 18.0 Å². The molecule has 0 bridgehead atoms. The average molecular weight is 656 g/mol. The highest BCUT2D eigenvalue weighted by Crippen LogP contribution is 2.36. The van der Waals surface area contributed by atoms with Crippen molar-refractivity contribution in [3.63, 3.8) is 0 Å². The first-order chi connectivity index (χ1) is 21.0. The number of hydrogen-bond donors (Lipinski definition) is 0. The Hall–Kier alpha value is -4.12. The quantitative estimate of drug-likeness (QED) is 0.171. The maximum absolute atomic E-state index is 14.0. The summed E-state index contributed by atoms with van der Waals surface area (Å²) in [4.78, 5) is 44.1. The molecule has 5 rings (SSSR count). The maximum atomic E-state index is 14.0. The van der Waals surface area contributed by atoms with Crippen LogP contribution in [0.1, 0.15) is 45.1 Å². The van der Waals surface area contributed by atoms with Crippen LogP contribution < -0.4 is 24.4 Å². The zero-order valence-corrected chi connectivity index (χ0v) is 26.8. The van der Waals surface area contributed by atoms with Gasteiger partial charge < -0.3 is 18.6 Å². The standard InChI is InChI=1S/C32H28Cl2N2O7S/c1-16(2)15-41-31(39)28-17(3)35-32-36(29(28)20-7-10-25(42-18(4)37)26(13-20)40-5)30(38)27(44-32)14-21-8-11-24(43-21)19-6-9-22(33)23(34)12-19/h6-14,16,29H,15H2,1-5H3/b27-14+/t29-/m0/s1. The number of carbonyl (C=O) groups is 2. The summed E-state index contributed by atoms with van der Waals surface area (Å²) in [6.07, 6.45) is 1.63. The predicted octanol–water partition coefficient (Wildman–Crippen LogP) is 5.94. The highest BCUT2D eigenvalue weighted by atomic mass is 35.5. The molecule has 228 valence electrons. The molecule has 9 nitrogen and oxygen atoms in total. The number of allylic oxidation sites excluding steroid dienone is 1. The first kappa shape index (κ1) is 31.3. The molecule has 2 aromatic heterocycles. The van der Waals surface area contributed by atoms with Crippen LogP contribution in [-0.2, 0) is 14.3 Å². The smallest absolute Gasteiger partial charge is 0.338 e. The minimum absolute atomic E-state index is 0.102. The summed E-state index contributed by atoms with van der Waals surface area (Å²) in [5, 5.41) is 0.824. The second-order valence-electron chi connectivity index (χ2n) is 10.4. The van der Waals surface area contributed by atoms with Gasteiger partial charge in [-0.3, -0.25) is 14.2 Å². The van der Waals surface area contributed by atoms with Crippen molar-refractivity contribution < 1.29 is 28.2 Å². The third-order valence-corrected chi connectivity index (χ3v) is 8.37. The van der Waals surface area contributed by atoms with Gasteiger partial charge in [0.15, 0.2) is 16.3 Å². The van der Waals surface area contributed by atoms with Gasteiger partial charge in [-0.1, -0.05) is 54.5 Å². The Morgan fingerprint density at radius 1 is 1.09 bits per heavy atom. The lowest BCUT2D eigenvalue weighted by Gasteiger charge is -2.25. The lowest BCUT2D eigenvalue weighted by Crippen LogP contribution is -2.40. The minimum atomic E-state index is -0.892. The van der Waals surface area contributed by atoms with Gasteiger partial charge in [0.25, 0.3) is 5.56 Å². The van der Waals surface area contributed by atoms with Gasteiger partial charge in [-0.15, -0.1) is 0 Å². The van der Waals surface area contributed by atoms with Crippen LogP contribution in [0.25, 0.3) is 17.4 Å². The Balaban J connectivity index is 1.63. The number of thiazole rings is 1. The Bertz CT molecular complexity index is 1990. The van der Waals surface area contributed by atoms with E-state index in [1.165, 1.54) is 18.6 Å². The first-order valence-corrected chi connectivity index (χ1v) is 15.1. The molecule has 0 aliphatic carbocycles. The van der Waals surface area contributed by atoms with Crippen LogP contribution in [0.5, 0.6) is 11.5 Å². The lowest BCUT2D eigenvalue weighted by molar-refractivity contribution is -0.140. The number of nitrogens with zero attached hydrogens (tertiary/aromatic N) is 2. The SMILES string of the molecule is COc1cc([C@H]2C(C(=O)OCC(C)C)=C(C)N=c3s/c(=C/c4ccc(-c5ccc(Cl)c(Cl)c5)o4)c(=O)n32)ccc1OC(C)=O. The van der Waals surface area contributed by atoms with Crippen LogP contribution in [0.15, 0.2) is 74.0 Å². The summed E-state index contributed by atoms with van der Waals surface area (Å²) in [5.41, 5.74) is 1.52. The van der Waals surface area contributed by atoms with Gasteiger partial charge in [0.2, 0.25) is 0 Å². The summed E-state index contributed by atoms with van der Waals surface area (Å²) in [7, 11) is 1.44. The Labute approximate surface area is 266 Å². The largest absolute Gasteiger partial charge is 0.493 e. The number of methoxy groups -OCH3 is 1. The second-order valence-corrected chi connectivity index (χ2v) is 12.2. The molecule has 0 fully saturated rings. The molecular weight excluding hydrogens is 627 g/mol. The van der Waals surface area contributed by atoms with Crippen molar-refractivity contribution in [2.75, 3.05) is 13.7 Å². The number of halogens is 2. The third-order valence-electron chi connectivity index (χ3n) is 6.65. The number of hydrogen-bond acceptors (Lipinski definition) is 9. The van der Waals surface area contributed by atoms with Crippen molar-refractivity contribution in [2.24, 2.45) is 10.9 Å². The van der Waals surface area contributed by atoms with Crippen LogP contribution >= 0.6 is 34.5 Å². The van der Waals surface area contributed by atoms with Crippen molar-refractivity contribution in [2.45, 2.75) is 33.7 Å². The number of esters is 2. The van der Waals surface area contributed by atoms with Crippen molar-refractivity contribution in [3.05, 3.63) is 101 Å². The van der Waals surface area contributed by atoms with Gasteiger partial charge in [-0.05, 0) is 60.9 Å². The van der Waals surface area contributed by atoms with Crippen LogP contribution in [0.3, 0.4) is 0 Å². The fraction of sp³-hybridized carbons (Fsp3) is 0.250. The van der Waals surface area contributed by atoms with Gasteiger partial charge in [0.1, 0.15) is 11.5 Å². The van der Waals surface area contributed by atoms with Gasteiger partial charge in [-0.2, -0.15) is 0 Å². The van der Waals surface area contributed by atoms with Crippen molar-refractivity contribution in [1.82, 2.24) is 4.57 Å². The van der Waals surface area contributed by atoms with E-state index in [0.717, 1.165) is 16.9 Å². The fourth-order valence-electron chi connectivity index (χ4n) is 4.68. The van der Waals surface area contributed by atoms with Crippen LogP contribution in [0.2, 0.25) is 10.0 Å². The van der Waals surface area contributed by atoms with E-state index in [1.54, 1.807) is 61.5 Å². The molecule has 0 N–H and O–H groups in total. The molecular formula is C32H28Cl2N2O7S. The van der Waals surface area contributed by atoms with Crippen LogP contribution in [0, 0.1) is 5.92 Å². The zero-order chi connectivity index (χ0) is 31.7. The molecule has 2 aromatic carbocycles.